The van der Waals surface area contributed by atoms with Crippen LogP contribution in [-0.4, -0.2) is 97.2 Å². The monoisotopic (exact) mass is 695 g/mol. The first-order valence-corrected chi connectivity index (χ1v) is 17.4. The summed E-state index contributed by atoms with van der Waals surface area (Å²) in [6, 6.07) is 5.15. The predicted octanol–water partition coefficient (Wildman–Crippen LogP) is 4.73. The number of aromatic hydroxyl groups is 1. The Hall–Kier alpha value is -4.83. The summed E-state index contributed by atoms with van der Waals surface area (Å²) in [7, 11) is 0. The molecule has 4 aromatic rings. The smallest absolute Gasteiger partial charge is 0.243 e. The number of morpholine rings is 1. The van der Waals surface area contributed by atoms with Crippen molar-refractivity contribution < 1.29 is 32.9 Å². The van der Waals surface area contributed by atoms with E-state index in [1.54, 1.807) is 6.20 Å². The number of benzene rings is 2. The van der Waals surface area contributed by atoms with Crippen molar-refractivity contribution in [3.05, 3.63) is 65.9 Å². The van der Waals surface area contributed by atoms with Crippen LogP contribution in [0.1, 0.15) is 30.4 Å². The number of nitrogens with one attached hydrogen (secondary N) is 1. The third-order valence-corrected chi connectivity index (χ3v) is 10.7. The number of fused-ring (bicyclic) bond motifs is 3. The number of amides is 1. The van der Waals surface area contributed by atoms with Gasteiger partial charge in [-0.15, -0.1) is 6.42 Å². The second-order valence-corrected chi connectivity index (χ2v) is 13.9. The lowest BCUT2D eigenvalue weighted by molar-refractivity contribution is -0.117. The molecule has 3 fully saturated rings. The molecule has 1 aliphatic carbocycles. The van der Waals surface area contributed by atoms with Gasteiger partial charge in [-0.25, -0.2) is 13.8 Å². The first kappa shape index (κ1) is 33.3. The molecule has 3 aliphatic heterocycles. The van der Waals surface area contributed by atoms with Gasteiger partial charge in [0.1, 0.15) is 28.9 Å². The topological polar surface area (TPSA) is 109 Å². The number of rotatable bonds is 7. The van der Waals surface area contributed by atoms with E-state index in [4.69, 9.17) is 25.6 Å². The minimum atomic E-state index is -0.751. The molecule has 2 aromatic heterocycles. The highest BCUT2D eigenvalue weighted by atomic mass is 19.1. The molecule has 51 heavy (non-hydrogen) atoms. The van der Waals surface area contributed by atoms with Crippen molar-refractivity contribution in [1.29, 1.82) is 0 Å². The molecule has 2 saturated heterocycles. The normalized spacial score (nSPS) is 21.7. The van der Waals surface area contributed by atoms with Crippen LogP contribution in [0, 0.1) is 29.4 Å². The number of carbonyl (C=O) groups excluding carboxylic acids is 1. The number of hydrogen-bond acceptors (Lipinski definition) is 9. The van der Waals surface area contributed by atoms with Crippen molar-refractivity contribution in [2.75, 3.05) is 64.1 Å². The predicted molar refractivity (Wildman–Crippen MR) is 189 cm³/mol. The molecular weight excluding hydrogens is 656 g/mol. The van der Waals surface area contributed by atoms with E-state index in [-0.39, 0.29) is 56.9 Å². The van der Waals surface area contributed by atoms with Gasteiger partial charge in [0.05, 0.1) is 43.7 Å². The average molecular weight is 696 g/mol. The second-order valence-electron chi connectivity index (χ2n) is 13.9. The number of hydrogen-bond donors (Lipinski definition) is 2. The van der Waals surface area contributed by atoms with Crippen molar-refractivity contribution in [2.45, 2.75) is 37.8 Å². The lowest BCUT2D eigenvalue weighted by Gasteiger charge is -2.38. The van der Waals surface area contributed by atoms with Crippen LogP contribution in [0.15, 0.2) is 43.1 Å². The van der Waals surface area contributed by atoms with Gasteiger partial charge < -0.3 is 29.5 Å². The molecule has 8 rings (SSSR count). The zero-order chi connectivity index (χ0) is 35.3. The lowest BCUT2D eigenvalue weighted by atomic mass is 9.89. The number of nitrogens with zero attached hydrogens (tertiary/aromatic N) is 4. The van der Waals surface area contributed by atoms with E-state index >= 15 is 4.39 Å². The van der Waals surface area contributed by atoms with Gasteiger partial charge in [0, 0.05) is 66.2 Å². The van der Waals surface area contributed by atoms with Gasteiger partial charge in [0.15, 0.2) is 5.82 Å². The largest absolute Gasteiger partial charge is 0.508 e. The van der Waals surface area contributed by atoms with Crippen molar-refractivity contribution in [1.82, 2.24) is 20.2 Å². The quantitative estimate of drug-likeness (QED) is 0.210. The summed E-state index contributed by atoms with van der Waals surface area (Å²) in [5.74, 6) is 0.907. The first-order valence-electron chi connectivity index (χ1n) is 17.4. The van der Waals surface area contributed by atoms with Crippen LogP contribution in [0.5, 0.6) is 11.6 Å². The van der Waals surface area contributed by atoms with Crippen LogP contribution in [0.25, 0.3) is 32.9 Å². The van der Waals surface area contributed by atoms with Gasteiger partial charge in [0.2, 0.25) is 11.8 Å². The fourth-order valence-electron chi connectivity index (χ4n) is 8.03. The molecule has 2 N–H and O–H groups in total. The number of phenolic OH excluding ortho intramolecular Hbond substituents is 1. The Bertz CT molecular complexity index is 2090. The Balaban J connectivity index is 1.27. The molecule has 0 bridgehead atoms. The summed E-state index contributed by atoms with van der Waals surface area (Å²) in [5, 5.41) is 14.8. The maximum atomic E-state index is 17.2. The Morgan fingerprint density at radius 2 is 1.98 bits per heavy atom. The van der Waals surface area contributed by atoms with Crippen molar-refractivity contribution in [3.63, 3.8) is 0 Å². The molecule has 4 aliphatic rings. The molecular formula is C39H39F2N5O5. The average Bonchev–Trinajstić information content (AvgIpc) is 3.95. The number of terminal acetylenes is 1. The second kappa shape index (κ2) is 13.4. The molecule has 264 valence electrons. The fourth-order valence-corrected chi connectivity index (χ4v) is 8.03. The van der Waals surface area contributed by atoms with Crippen LogP contribution in [0.3, 0.4) is 0 Å². The summed E-state index contributed by atoms with van der Waals surface area (Å²) < 4.78 is 50.4. The van der Waals surface area contributed by atoms with Gasteiger partial charge in [-0.05, 0) is 55.3 Å². The molecule has 5 heterocycles. The number of aromatic nitrogens is 2. The zero-order valence-corrected chi connectivity index (χ0v) is 28.2. The summed E-state index contributed by atoms with van der Waals surface area (Å²) in [6.07, 6.45) is 11.9. The summed E-state index contributed by atoms with van der Waals surface area (Å²) in [4.78, 5) is 26.3. The highest BCUT2D eigenvalue weighted by molar-refractivity contribution is 6.03. The van der Waals surface area contributed by atoms with Crippen molar-refractivity contribution >= 4 is 33.3 Å². The maximum absolute atomic E-state index is 17.2. The fraction of sp³-hybridized carbons (Fsp3) is 0.410. The molecule has 2 atom stereocenters. The molecule has 10 nitrogen and oxygen atoms in total. The van der Waals surface area contributed by atoms with E-state index in [2.05, 4.69) is 32.6 Å². The number of anilines is 1. The third-order valence-electron chi connectivity index (χ3n) is 10.7. The molecule has 2 aromatic carbocycles. The Kier molecular flexibility index (Phi) is 8.74. The molecule has 0 radical (unpaired) electrons. The van der Waals surface area contributed by atoms with Crippen molar-refractivity contribution in [2.24, 2.45) is 5.41 Å². The molecule has 1 saturated carbocycles. The van der Waals surface area contributed by atoms with E-state index in [0.29, 0.717) is 49.4 Å². The van der Waals surface area contributed by atoms with Gasteiger partial charge in [-0.3, -0.25) is 14.7 Å². The highest BCUT2D eigenvalue weighted by Gasteiger charge is 2.53. The minimum absolute atomic E-state index is 0.0134. The standard InChI is InChI=1S/C39H39F2N5O5/c1-3-26-30(40)7-5-23-17-25(47)18-28(33(23)26)35-34(41)36-29(19-42-35)37(46-13-16-50-21-24(20-46)43-32(48)4-2)27-6-8-31(51-38(27)44-36)39(9-10-39)22-45-11-14-49-15-12-45/h1,4-5,7,17-19,24,31,47H,2,6,8-16,20-22H2,(H,43,48). The molecule has 12 heteroatoms. The van der Waals surface area contributed by atoms with Crippen molar-refractivity contribution in [3.8, 4) is 35.2 Å². The zero-order valence-electron chi connectivity index (χ0n) is 28.2. The van der Waals surface area contributed by atoms with Crippen LogP contribution in [0.4, 0.5) is 14.5 Å². The number of phenols is 1. The maximum Gasteiger partial charge on any atom is 0.243 e. The number of pyridine rings is 2. The number of halogens is 2. The molecule has 1 amide bonds. The van der Waals surface area contributed by atoms with Crippen LogP contribution < -0.4 is 15.0 Å². The lowest BCUT2D eigenvalue weighted by Crippen LogP contribution is -2.46. The Morgan fingerprint density at radius 1 is 1.18 bits per heavy atom. The molecule has 2 unspecified atom stereocenters. The van der Waals surface area contributed by atoms with E-state index in [1.807, 2.05) is 0 Å². The SMILES string of the molecule is C#Cc1c(F)ccc2cc(O)cc(-c3ncc4c(N5CCOCC(NC(=O)C=C)C5)c5c(nc4c3F)OC(C3(CN4CCOCC4)CC3)CC5)c12. The van der Waals surface area contributed by atoms with Crippen LogP contribution in [-0.2, 0) is 20.7 Å². The Morgan fingerprint density at radius 3 is 2.75 bits per heavy atom. The van der Waals surface area contributed by atoms with E-state index in [1.165, 1.54) is 30.3 Å². The van der Waals surface area contributed by atoms with Gasteiger partial charge in [-0.2, -0.15) is 0 Å². The Labute approximate surface area is 294 Å². The van der Waals surface area contributed by atoms with E-state index in [0.717, 1.165) is 63.4 Å². The summed E-state index contributed by atoms with van der Waals surface area (Å²) in [5.41, 5.74) is 1.56. The number of ether oxygens (including phenoxy) is 3. The molecule has 0 spiro atoms. The highest BCUT2D eigenvalue weighted by Crippen LogP contribution is 2.54. The summed E-state index contributed by atoms with van der Waals surface area (Å²) in [6.45, 7) is 9.24. The third kappa shape index (κ3) is 6.13. The van der Waals surface area contributed by atoms with Crippen LogP contribution in [0.2, 0.25) is 0 Å². The van der Waals surface area contributed by atoms with Gasteiger partial charge in [-0.1, -0.05) is 18.6 Å². The van der Waals surface area contributed by atoms with E-state index in [9.17, 15) is 14.3 Å². The summed E-state index contributed by atoms with van der Waals surface area (Å²) >= 11 is 0. The van der Waals surface area contributed by atoms with Crippen LogP contribution >= 0.6 is 0 Å². The van der Waals surface area contributed by atoms with Gasteiger partial charge >= 0.3 is 0 Å². The minimum Gasteiger partial charge on any atom is -0.508 e. The first-order chi connectivity index (χ1) is 24.8. The number of carbonyl (C=O) groups is 1. The van der Waals surface area contributed by atoms with Gasteiger partial charge in [0.25, 0.3) is 0 Å². The van der Waals surface area contributed by atoms with E-state index < -0.39 is 11.6 Å².